The van der Waals surface area contributed by atoms with E-state index in [1.807, 2.05) is 66.5 Å². The summed E-state index contributed by atoms with van der Waals surface area (Å²) >= 11 is 0. The molecule has 0 aromatic heterocycles. The molecule has 6 heteroatoms. The second-order valence-electron chi connectivity index (χ2n) is 7.30. The third-order valence-corrected chi connectivity index (χ3v) is 5.13. The number of aliphatic imine (C=N–C) groups is 1. The van der Waals surface area contributed by atoms with E-state index in [9.17, 15) is 4.79 Å². The maximum atomic E-state index is 12.1. The van der Waals surface area contributed by atoms with Crippen LogP contribution in [0.2, 0.25) is 0 Å². The molecule has 2 aromatic rings. The highest BCUT2D eigenvalue weighted by Gasteiger charge is 2.25. The highest BCUT2D eigenvalue weighted by molar-refractivity contribution is 5.93. The van der Waals surface area contributed by atoms with Gasteiger partial charge in [-0.3, -0.25) is 9.79 Å². The lowest BCUT2D eigenvalue weighted by Crippen LogP contribution is -2.40. The van der Waals surface area contributed by atoms with Crippen molar-refractivity contribution in [1.82, 2.24) is 10.2 Å². The first-order chi connectivity index (χ1) is 14.2. The van der Waals surface area contributed by atoms with Gasteiger partial charge in [-0.05, 0) is 42.7 Å². The molecule has 1 amide bonds. The highest BCUT2D eigenvalue weighted by atomic mass is 16.5. The lowest BCUT2D eigenvalue weighted by Gasteiger charge is -2.24. The molecule has 154 valence electrons. The Balaban J connectivity index is 1.45. The molecule has 6 nitrogen and oxygen atoms in total. The van der Waals surface area contributed by atoms with Crippen LogP contribution in [0.5, 0.6) is 5.75 Å². The van der Waals surface area contributed by atoms with Crippen molar-refractivity contribution in [3.8, 4) is 5.75 Å². The average Bonchev–Trinajstić information content (AvgIpc) is 2.68. The molecular weight excluding hydrogens is 364 g/mol. The monoisotopic (exact) mass is 394 g/mol. The molecule has 0 saturated heterocycles. The van der Waals surface area contributed by atoms with E-state index in [2.05, 4.69) is 15.6 Å². The van der Waals surface area contributed by atoms with Crippen LogP contribution in [0, 0.1) is 5.92 Å². The molecule has 0 radical (unpaired) electrons. The summed E-state index contributed by atoms with van der Waals surface area (Å²) in [5.41, 5.74) is 1.94. The molecule has 29 heavy (non-hydrogen) atoms. The molecule has 1 fully saturated rings. The number of carbonyl (C=O) groups is 1. The Kier molecular flexibility index (Phi) is 7.50. The Labute approximate surface area is 173 Å². The zero-order valence-electron chi connectivity index (χ0n) is 17.2. The number of para-hydroxylation sites is 1. The fourth-order valence-electron chi connectivity index (χ4n) is 3.16. The van der Waals surface area contributed by atoms with Crippen molar-refractivity contribution in [2.75, 3.05) is 32.6 Å². The molecule has 0 heterocycles. The van der Waals surface area contributed by atoms with Gasteiger partial charge in [0, 0.05) is 32.2 Å². The van der Waals surface area contributed by atoms with E-state index in [0.717, 1.165) is 42.2 Å². The van der Waals surface area contributed by atoms with Crippen molar-refractivity contribution < 1.29 is 9.53 Å². The zero-order chi connectivity index (χ0) is 20.5. The van der Waals surface area contributed by atoms with Crippen LogP contribution in [0.15, 0.2) is 59.6 Å². The number of amides is 1. The average molecular weight is 395 g/mol. The summed E-state index contributed by atoms with van der Waals surface area (Å²) in [5, 5.41) is 6.40. The van der Waals surface area contributed by atoms with Gasteiger partial charge in [-0.25, -0.2) is 0 Å². The number of guanidine groups is 1. The van der Waals surface area contributed by atoms with Crippen LogP contribution in [-0.2, 0) is 11.3 Å². The summed E-state index contributed by atoms with van der Waals surface area (Å²) in [4.78, 5) is 18.5. The Bertz CT molecular complexity index is 819. The van der Waals surface area contributed by atoms with Crippen molar-refractivity contribution >= 4 is 17.6 Å². The first-order valence-electron chi connectivity index (χ1n) is 10.1. The van der Waals surface area contributed by atoms with Crippen molar-refractivity contribution in [2.45, 2.75) is 25.8 Å². The van der Waals surface area contributed by atoms with Crippen molar-refractivity contribution in [1.29, 1.82) is 0 Å². The van der Waals surface area contributed by atoms with Crippen LogP contribution >= 0.6 is 0 Å². The van der Waals surface area contributed by atoms with Crippen molar-refractivity contribution in [2.24, 2.45) is 10.9 Å². The molecule has 1 aliphatic carbocycles. The van der Waals surface area contributed by atoms with Gasteiger partial charge in [0.05, 0.1) is 6.54 Å². The number of nitrogens with zero attached hydrogens (tertiary/aromatic N) is 2. The Hall–Kier alpha value is -3.02. The third kappa shape index (κ3) is 6.24. The number of hydrogen-bond acceptors (Lipinski definition) is 3. The van der Waals surface area contributed by atoms with Gasteiger partial charge in [-0.1, -0.05) is 36.8 Å². The van der Waals surface area contributed by atoms with E-state index in [4.69, 9.17) is 4.74 Å². The lowest BCUT2D eigenvalue weighted by molar-refractivity contribution is -0.122. The van der Waals surface area contributed by atoms with Gasteiger partial charge < -0.3 is 20.3 Å². The first kappa shape index (κ1) is 20.7. The second-order valence-corrected chi connectivity index (χ2v) is 7.30. The summed E-state index contributed by atoms with van der Waals surface area (Å²) in [6.07, 6.45) is 3.17. The number of hydrogen-bond donors (Lipinski definition) is 2. The van der Waals surface area contributed by atoms with Crippen LogP contribution in [0.3, 0.4) is 0 Å². The predicted octanol–water partition coefficient (Wildman–Crippen LogP) is 3.51. The van der Waals surface area contributed by atoms with E-state index in [-0.39, 0.29) is 11.8 Å². The topological polar surface area (TPSA) is 66.0 Å². The first-order valence-corrected chi connectivity index (χ1v) is 10.1. The minimum Gasteiger partial charge on any atom is -0.492 e. The maximum Gasteiger partial charge on any atom is 0.227 e. The van der Waals surface area contributed by atoms with E-state index in [0.29, 0.717) is 19.7 Å². The normalized spacial score (nSPS) is 14.1. The zero-order valence-corrected chi connectivity index (χ0v) is 17.2. The number of anilines is 1. The summed E-state index contributed by atoms with van der Waals surface area (Å²) < 4.78 is 5.76. The molecule has 1 aliphatic rings. The maximum absolute atomic E-state index is 12.1. The van der Waals surface area contributed by atoms with Gasteiger partial charge in [-0.15, -0.1) is 0 Å². The lowest BCUT2D eigenvalue weighted by atomic mass is 9.85. The SMILES string of the molecule is CN=C(NCc1cccc(NC(=O)C2CCC2)c1)N(C)CCOc1ccccc1. The van der Waals surface area contributed by atoms with Gasteiger partial charge in [0.15, 0.2) is 5.96 Å². The Morgan fingerprint density at radius 1 is 1.17 bits per heavy atom. The highest BCUT2D eigenvalue weighted by Crippen LogP contribution is 2.27. The van der Waals surface area contributed by atoms with E-state index < -0.39 is 0 Å². The van der Waals surface area contributed by atoms with Gasteiger partial charge in [-0.2, -0.15) is 0 Å². The molecule has 2 N–H and O–H groups in total. The molecular formula is C23H30N4O2. The van der Waals surface area contributed by atoms with Crippen LogP contribution in [-0.4, -0.2) is 44.0 Å². The van der Waals surface area contributed by atoms with Crippen molar-refractivity contribution in [3.05, 3.63) is 60.2 Å². The van der Waals surface area contributed by atoms with Gasteiger partial charge in [0.25, 0.3) is 0 Å². The summed E-state index contributed by atoms with van der Waals surface area (Å²) in [5.74, 6) is 1.98. The predicted molar refractivity (Wildman–Crippen MR) is 117 cm³/mol. The molecule has 0 unspecified atom stereocenters. The summed E-state index contributed by atoms with van der Waals surface area (Å²) in [6.45, 7) is 1.92. The van der Waals surface area contributed by atoms with Crippen LogP contribution in [0.1, 0.15) is 24.8 Å². The van der Waals surface area contributed by atoms with Crippen LogP contribution < -0.4 is 15.4 Å². The standard InChI is InChI=1S/C23H30N4O2/c1-24-23(27(2)14-15-29-21-12-4-3-5-13-21)25-17-18-8-6-11-20(16-18)26-22(28)19-9-7-10-19/h3-6,8,11-13,16,19H,7,9-10,14-15,17H2,1-2H3,(H,24,25)(H,26,28). The van der Waals surface area contributed by atoms with E-state index in [1.165, 1.54) is 0 Å². The summed E-state index contributed by atoms with van der Waals surface area (Å²) in [7, 11) is 3.76. The van der Waals surface area contributed by atoms with Crippen LogP contribution in [0.25, 0.3) is 0 Å². The third-order valence-electron chi connectivity index (χ3n) is 5.13. The number of benzene rings is 2. The largest absolute Gasteiger partial charge is 0.492 e. The molecule has 0 spiro atoms. The molecule has 0 bridgehead atoms. The number of nitrogens with one attached hydrogen (secondary N) is 2. The van der Waals surface area contributed by atoms with Gasteiger partial charge >= 0.3 is 0 Å². The minimum atomic E-state index is 0.135. The van der Waals surface area contributed by atoms with Crippen LogP contribution in [0.4, 0.5) is 5.69 Å². The van der Waals surface area contributed by atoms with Gasteiger partial charge in [0.1, 0.15) is 12.4 Å². The van der Waals surface area contributed by atoms with Gasteiger partial charge in [0.2, 0.25) is 5.91 Å². The number of rotatable bonds is 8. The minimum absolute atomic E-state index is 0.135. The Morgan fingerprint density at radius 2 is 1.97 bits per heavy atom. The smallest absolute Gasteiger partial charge is 0.227 e. The Morgan fingerprint density at radius 3 is 2.66 bits per heavy atom. The fraction of sp³-hybridized carbons (Fsp3) is 0.391. The second kappa shape index (κ2) is 10.5. The number of likely N-dealkylation sites (N-methyl/N-ethyl adjacent to an activating group) is 1. The molecule has 0 aliphatic heterocycles. The quantitative estimate of drug-likeness (QED) is 0.531. The van der Waals surface area contributed by atoms with Crippen molar-refractivity contribution in [3.63, 3.8) is 0 Å². The van der Waals surface area contributed by atoms with E-state index in [1.54, 1.807) is 7.05 Å². The molecule has 2 aromatic carbocycles. The summed E-state index contributed by atoms with van der Waals surface area (Å²) in [6, 6.07) is 17.7. The molecule has 0 atom stereocenters. The van der Waals surface area contributed by atoms with E-state index >= 15 is 0 Å². The molecule has 3 rings (SSSR count). The number of carbonyl (C=O) groups excluding carboxylic acids is 1. The fourth-order valence-corrected chi connectivity index (χ4v) is 3.16. The number of ether oxygens (including phenoxy) is 1. The molecule has 1 saturated carbocycles.